The van der Waals surface area contributed by atoms with Crippen molar-refractivity contribution in [2.45, 2.75) is 13.8 Å². The summed E-state index contributed by atoms with van der Waals surface area (Å²) < 4.78 is 12.9. The van der Waals surface area contributed by atoms with E-state index in [4.69, 9.17) is 14.5 Å². The van der Waals surface area contributed by atoms with Gasteiger partial charge in [0.15, 0.2) is 16.6 Å². The summed E-state index contributed by atoms with van der Waals surface area (Å²) in [5.41, 5.74) is 5.94. The number of fused-ring (bicyclic) bond motifs is 2. The standard InChI is InChI=1S/C19H16N4O2S.BrH/c1-11-3-6-17-20-12(2)18(23(17)8-11)14-9-26-19(22-14)21-13-4-5-15-16(7-13)25-10-24-15;/h3-9H,10H2,1-2H3,(H,21,22);1H. The van der Waals surface area contributed by atoms with E-state index < -0.39 is 0 Å². The van der Waals surface area contributed by atoms with Crippen LogP contribution < -0.4 is 14.8 Å². The molecule has 3 aromatic heterocycles. The van der Waals surface area contributed by atoms with Crippen molar-refractivity contribution in [2.24, 2.45) is 0 Å². The lowest BCUT2D eigenvalue weighted by Gasteiger charge is -2.04. The molecule has 1 aliphatic heterocycles. The number of halogens is 1. The van der Waals surface area contributed by atoms with Crippen molar-refractivity contribution in [3.63, 3.8) is 0 Å². The van der Waals surface area contributed by atoms with Gasteiger partial charge in [-0.3, -0.25) is 4.40 Å². The van der Waals surface area contributed by atoms with Crippen LogP contribution in [0.15, 0.2) is 41.9 Å². The monoisotopic (exact) mass is 444 g/mol. The topological polar surface area (TPSA) is 60.7 Å². The van der Waals surface area contributed by atoms with E-state index in [0.717, 1.165) is 45.0 Å². The van der Waals surface area contributed by atoms with Crippen LogP contribution in [0.25, 0.3) is 17.0 Å². The molecule has 6 nitrogen and oxygen atoms in total. The largest absolute Gasteiger partial charge is 0.454 e. The second kappa shape index (κ2) is 6.86. The lowest BCUT2D eigenvalue weighted by atomic mass is 10.2. The van der Waals surface area contributed by atoms with E-state index in [9.17, 15) is 0 Å². The highest BCUT2D eigenvalue weighted by Gasteiger charge is 2.16. The summed E-state index contributed by atoms with van der Waals surface area (Å²) in [6, 6.07) is 9.88. The van der Waals surface area contributed by atoms with Gasteiger partial charge in [0, 0.05) is 23.3 Å². The second-order valence-electron chi connectivity index (χ2n) is 6.21. The molecular formula is C19H17BrN4O2S. The molecule has 4 heterocycles. The zero-order chi connectivity index (χ0) is 17.7. The predicted molar refractivity (Wildman–Crippen MR) is 112 cm³/mol. The third-order valence-corrected chi connectivity index (χ3v) is 5.07. The number of pyridine rings is 1. The van der Waals surface area contributed by atoms with Crippen molar-refractivity contribution in [3.8, 4) is 22.9 Å². The molecule has 0 amide bonds. The molecule has 0 spiro atoms. The molecule has 0 radical (unpaired) electrons. The van der Waals surface area contributed by atoms with Crippen molar-refractivity contribution in [1.29, 1.82) is 0 Å². The Balaban J connectivity index is 0.00000180. The summed E-state index contributed by atoms with van der Waals surface area (Å²) in [6.45, 7) is 4.36. The van der Waals surface area contributed by atoms with Crippen LogP contribution in [0.4, 0.5) is 10.8 Å². The smallest absolute Gasteiger partial charge is 0.231 e. The molecule has 8 heteroatoms. The van der Waals surface area contributed by atoms with Crippen molar-refractivity contribution >= 4 is 44.8 Å². The first-order valence-corrected chi connectivity index (χ1v) is 9.13. The van der Waals surface area contributed by atoms with Crippen LogP contribution in [-0.2, 0) is 0 Å². The Labute approximate surface area is 170 Å². The molecule has 0 atom stereocenters. The Bertz CT molecular complexity index is 1140. The number of hydrogen-bond acceptors (Lipinski definition) is 6. The highest BCUT2D eigenvalue weighted by Crippen LogP contribution is 2.36. The van der Waals surface area contributed by atoms with Crippen molar-refractivity contribution in [3.05, 3.63) is 53.2 Å². The van der Waals surface area contributed by atoms with Gasteiger partial charge in [-0.2, -0.15) is 0 Å². The molecule has 1 N–H and O–H groups in total. The summed E-state index contributed by atoms with van der Waals surface area (Å²) in [5, 5.41) is 6.21. The van der Waals surface area contributed by atoms with Crippen LogP contribution in [0.1, 0.15) is 11.3 Å². The molecule has 0 bridgehead atoms. The number of aromatic nitrogens is 3. The molecule has 138 valence electrons. The Hall–Kier alpha value is -2.58. The molecule has 5 rings (SSSR count). The molecule has 1 aliphatic rings. The third kappa shape index (κ3) is 3.15. The first-order chi connectivity index (χ1) is 12.7. The summed E-state index contributed by atoms with van der Waals surface area (Å²) >= 11 is 1.56. The number of thiazole rings is 1. The average Bonchev–Trinajstić information content (AvgIpc) is 3.32. The van der Waals surface area contributed by atoms with E-state index in [-0.39, 0.29) is 23.8 Å². The van der Waals surface area contributed by atoms with Crippen LogP contribution in [-0.4, -0.2) is 21.2 Å². The number of ether oxygens (including phenoxy) is 2. The highest BCUT2D eigenvalue weighted by atomic mass is 79.9. The number of anilines is 2. The number of hydrogen-bond donors (Lipinski definition) is 1. The van der Waals surface area contributed by atoms with Crippen LogP contribution in [0.3, 0.4) is 0 Å². The van der Waals surface area contributed by atoms with Crippen LogP contribution in [0, 0.1) is 13.8 Å². The Kier molecular flexibility index (Phi) is 4.53. The van der Waals surface area contributed by atoms with E-state index >= 15 is 0 Å². The number of nitrogens with one attached hydrogen (secondary N) is 1. The third-order valence-electron chi connectivity index (χ3n) is 4.31. The minimum Gasteiger partial charge on any atom is -0.454 e. The van der Waals surface area contributed by atoms with Gasteiger partial charge in [-0.05, 0) is 37.6 Å². The van der Waals surface area contributed by atoms with Gasteiger partial charge in [-0.25, -0.2) is 9.97 Å². The molecule has 0 aliphatic carbocycles. The minimum atomic E-state index is 0. The van der Waals surface area contributed by atoms with E-state index in [1.165, 1.54) is 5.56 Å². The zero-order valence-electron chi connectivity index (χ0n) is 14.7. The van der Waals surface area contributed by atoms with Gasteiger partial charge in [0.1, 0.15) is 11.3 Å². The van der Waals surface area contributed by atoms with Gasteiger partial charge in [0.05, 0.1) is 11.4 Å². The summed E-state index contributed by atoms with van der Waals surface area (Å²) in [4.78, 5) is 9.40. The van der Waals surface area contributed by atoms with Crippen molar-refractivity contribution in [2.75, 3.05) is 12.1 Å². The quantitative estimate of drug-likeness (QED) is 0.474. The van der Waals surface area contributed by atoms with Crippen LogP contribution in [0.2, 0.25) is 0 Å². The Morgan fingerprint density at radius 1 is 1.07 bits per heavy atom. The number of benzene rings is 1. The Morgan fingerprint density at radius 3 is 2.81 bits per heavy atom. The first-order valence-electron chi connectivity index (χ1n) is 8.25. The van der Waals surface area contributed by atoms with Gasteiger partial charge in [-0.15, -0.1) is 28.3 Å². The number of rotatable bonds is 3. The first kappa shape index (κ1) is 17.8. The fourth-order valence-electron chi connectivity index (χ4n) is 3.11. The van der Waals surface area contributed by atoms with E-state index in [1.54, 1.807) is 11.3 Å². The summed E-state index contributed by atoms with van der Waals surface area (Å²) in [6.07, 6.45) is 2.09. The zero-order valence-corrected chi connectivity index (χ0v) is 17.3. The summed E-state index contributed by atoms with van der Waals surface area (Å²) in [5.74, 6) is 1.52. The maximum atomic E-state index is 5.43. The van der Waals surface area contributed by atoms with Crippen molar-refractivity contribution in [1.82, 2.24) is 14.4 Å². The second-order valence-corrected chi connectivity index (χ2v) is 7.07. The predicted octanol–water partition coefficient (Wildman–Crippen LogP) is 5.12. The summed E-state index contributed by atoms with van der Waals surface area (Å²) in [7, 11) is 0. The van der Waals surface area contributed by atoms with Crippen LogP contribution >= 0.6 is 28.3 Å². The van der Waals surface area contributed by atoms with Crippen molar-refractivity contribution < 1.29 is 9.47 Å². The maximum absolute atomic E-state index is 5.43. The molecule has 0 saturated heterocycles. The van der Waals surface area contributed by atoms with Crippen LogP contribution in [0.5, 0.6) is 11.5 Å². The molecular weight excluding hydrogens is 428 g/mol. The minimum absolute atomic E-state index is 0. The molecule has 0 saturated carbocycles. The van der Waals surface area contributed by atoms with Gasteiger partial charge in [-0.1, -0.05) is 6.07 Å². The van der Waals surface area contributed by atoms with Gasteiger partial charge in [0.25, 0.3) is 0 Å². The molecule has 27 heavy (non-hydrogen) atoms. The molecule has 4 aromatic rings. The van der Waals surface area contributed by atoms with E-state index in [1.807, 2.05) is 36.6 Å². The van der Waals surface area contributed by atoms with Gasteiger partial charge < -0.3 is 14.8 Å². The molecule has 1 aromatic carbocycles. The highest BCUT2D eigenvalue weighted by molar-refractivity contribution is 8.93. The number of aryl methyl sites for hydroxylation is 2. The SMILES string of the molecule is Br.Cc1ccc2nc(C)c(-c3csc(Nc4ccc5c(c4)OCO5)n3)n2c1. The van der Waals surface area contributed by atoms with Gasteiger partial charge in [0.2, 0.25) is 6.79 Å². The van der Waals surface area contributed by atoms with E-state index in [2.05, 4.69) is 33.9 Å². The molecule has 0 fully saturated rings. The molecule has 0 unspecified atom stereocenters. The average molecular weight is 445 g/mol. The Morgan fingerprint density at radius 2 is 1.93 bits per heavy atom. The van der Waals surface area contributed by atoms with E-state index in [0.29, 0.717) is 0 Å². The normalized spacial score (nSPS) is 12.2. The fourth-order valence-corrected chi connectivity index (χ4v) is 3.83. The fraction of sp³-hybridized carbons (Fsp3) is 0.158. The number of imidazole rings is 1. The lowest BCUT2D eigenvalue weighted by Crippen LogP contribution is -1.93. The number of nitrogens with zero attached hydrogens (tertiary/aromatic N) is 3. The van der Waals surface area contributed by atoms with Gasteiger partial charge >= 0.3 is 0 Å². The lowest BCUT2D eigenvalue weighted by molar-refractivity contribution is 0.174. The maximum Gasteiger partial charge on any atom is 0.231 e.